The Morgan fingerprint density at radius 1 is 0.455 bits per heavy atom. The molecule has 22 heavy (non-hydrogen) atoms. The van der Waals surface area contributed by atoms with Gasteiger partial charge in [-0.3, -0.25) is 0 Å². The molecule has 4 rings (SSSR count). The van der Waals surface area contributed by atoms with Gasteiger partial charge in [-0.15, -0.1) is 0 Å². The maximum atomic E-state index is 2.12. The second-order valence-electron chi connectivity index (χ2n) is 4.69. The fourth-order valence-electron chi connectivity index (χ4n) is 2.27. The molecule has 0 heterocycles. The molecule has 0 unspecified atom stereocenters. The molecule has 4 aromatic rings. The molecule has 0 fully saturated rings. The summed E-state index contributed by atoms with van der Waals surface area (Å²) in [6.45, 7) is 0. The summed E-state index contributed by atoms with van der Waals surface area (Å²) >= 11 is 0. The van der Waals surface area contributed by atoms with Crippen molar-refractivity contribution in [2.45, 2.75) is 0 Å². The Hall–Kier alpha value is -1.59. The van der Waals surface area contributed by atoms with Gasteiger partial charge >= 0.3 is 0 Å². The van der Waals surface area contributed by atoms with Gasteiger partial charge in [0, 0.05) is 33.6 Å². The van der Waals surface area contributed by atoms with E-state index in [1.807, 2.05) is 0 Å². The summed E-state index contributed by atoms with van der Waals surface area (Å²) in [5, 5.41) is 0. The van der Waals surface area contributed by atoms with Crippen molar-refractivity contribution in [1.82, 2.24) is 0 Å². The van der Waals surface area contributed by atoms with E-state index in [0.717, 1.165) is 0 Å². The smallest absolute Gasteiger partial charge is 0 e. The molecule has 0 aliphatic carbocycles. The minimum Gasteiger partial charge on any atom is -0.565 e. The van der Waals surface area contributed by atoms with Crippen LogP contribution in [-0.2, 0) is 33.6 Å². The average Bonchev–Trinajstić information content (AvgIpc) is 3.29. The Morgan fingerprint density at radius 3 is 1.14 bits per heavy atom. The molecular formula is C20H16Co2-8. The molecular weight excluding hydrogens is 358 g/mol. The van der Waals surface area contributed by atoms with Crippen molar-refractivity contribution in [2.24, 2.45) is 0 Å². The molecule has 0 spiro atoms. The van der Waals surface area contributed by atoms with Crippen molar-refractivity contribution < 1.29 is 33.6 Å². The summed E-state index contributed by atoms with van der Waals surface area (Å²) in [7, 11) is 0. The van der Waals surface area contributed by atoms with E-state index >= 15 is 0 Å². The molecule has 2 radical (unpaired) electrons. The van der Waals surface area contributed by atoms with Gasteiger partial charge in [0.25, 0.3) is 0 Å². The Labute approximate surface area is 152 Å². The predicted molar refractivity (Wildman–Crippen MR) is 86.1 cm³/mol. The second kappa shape index (κ2) is 9.43. The van der Waals surface area contributed by atoms with Gasteiger partial charge in [0.05, 0.1) is 0 Å². The molecule has 0 aromatic heterocycles. The van der Waals surface area contributed by atoms with Crippen LogP contribution in [0, 0.1) is 0 Å². The van der Waals surface area contributed by atoms with Gasteiger partial charge in [0.1, 0.15) is 0 Å². The SMILES string of the molecule is [Co].[Co].c1cc[c-](-[c-]2[cH-][cH-][cH-][cH-]2)c1.c1cc[c-](-[c-]2cccc2)c1. The van der Waals surface area contributed by atoms with Crippen molar-refractivity contribution >= 4 is 0 Å². The molecule has 0 atom stereocenters. The molecule has 0 bridgehead atoms. The zero-order valence-corrected chi connectivity index (χ0v) is 14.0. The first-order chi connectivity index (χ1) is 9.93. The van der Waals surface area contributed by atoms with Crippen LogP contribution in [-0.4, -0.2) is 0 Å². The van der Waals surface area contributed by atoms with E-state index in [-0.39, 0.29) is 33.6 Å². The van der Waals surface area contributed by atoms with E-state index in [0.29, 0.717) is 0 Å². The first-order valence-corrected chi connectivity index (χ1v) is 6.81. The van der Waals surface area contributed by atoms with E-state index in [4.69, 9.17) is 0 Å². The molecule has 0 saturated carbocycles. The van der Waals surface area contributed by atoms with Gasteiger partial charge in [-0.25, -0.2) is 0 Å². The standard InChI is InChI=1S/2C10H8.2Co/c2*1-2-6-9(5-1)10-7-3-4-8-10;;/h2*1-8H;;/q-6;-2;;. The van der Waals surface area contributed by atoms with Gasteiger partial charge in [-0.2, -0.15) is 59.7 Å². The summed E-state index contributed by atoms with van der Waals surface area (Å²) in [5.74, 6) is 0. The normalized spacial score (nSPS) is 9.09. The van der Waals surface area contributed by atoms with Crippen molar-refractivity contribution in [3.05, 3.63) is 97.1 Å². The van der Waals surface area contributed by atoms with Gasteiger partial charge in [0.2, 0.25) is 0 Å². The molecule has 4 aromatic carbocycles. The summed E-state index contributed by atoms with van der Waals surface area (Å²) in [6, 6.07) is 33.4. The molecule has 122 valence electrons. The molecule has 0 saturated heterocycles. The van der Waals surface area contributed by atoms with Crippen molar-refractivity contribution in [1.29, 1.82) is 0 Å². The third-order valence-electron chi connectivity index (χ3n) is 3.32. The summed E-state index contributed by atoms with van der Waals surface area (Å²) in [5.41, 5.74) is 5.24. The Balaban J connectivity index is 0.000000202. The summed E-state index contributed by atoms with van der Waals surface area (Å²) in [4.78, 5) is 0. The molecule has 0 amide bonds. The van der Waals surface area contributed by atoms with Crippen LogP contribution < -0.4 is 0 Å². The van der Waals surface area contributed by atoms with Crippen LogP contribution in [0.4, 0.5) is 0 Å². The van der Waals surface area contributed by atoms with E-state index in [1.165, 1.54) is 22.3 Å². The van der Waals surface area contributed by atoms with Crippen LogP contribution in [0.2, 0.25) is 0 Å². The minimum atomic E-state index is 0. The fraction of sp³-hybridized carbons (Fsp3) is 0. The fourth-order valence-corrected chi connectivity index (χ4v) is 2.27. The molecule has 0 aliphatic rings. The van der Waals surface area contributed by atoms with Crippen LogP contribution in [0.5, 0.6) is 0 Å². The predicted octanol–water partition coefficient (Wildman–Crippen LogP) is 5.58. The third-order valence-corrected chi connectivity index (χ3v) is 3.32. The largest absolute Gasteiger partial charge is 0.565 e. The maximum absolute atomic E-state index is 2.12. The number of rotatable bonds is 2. The van der Waals surface area contributed by atoms with Crippen LogP contribution >= 0.6 is 0 Å². The minimum absolute atomic E-state index is 0. The third kappa shape index (κ3) is 4.71. The zero-order chi connectivity index (χ0) is 13.6. The second-order valence-corrected chi connectivity index (χ2v) is 4.69. The van der Waals surface area contributed by atoms with E-state index in [1.54, 1.807) is 0 Å². The molecule has 0 aliphatic heterocycles. The molecule has 0 nitrogen and oxygen atoms in total. The van der Waals surface area contributed by atoms with E-state index < -0.39 is 0 Å². The van der Waals surface area contributed by atoms with Crippen LogP contribution in [0.3, 0.4) is 0 Å². The summed E-state index contributed by atoms with van der Waals surface area (Å²) < 4.78 is 0. The first-order valence-electron chi connectivity index (χ1n) is 6.81. The number of hydrogen-bond donors (Lipinski definition) is 0. The molecule has 0 N–H and O–H groups in total. The van der Waals surface area contributed by atoms with Crippen molar-refractivity contribution in [2.75, 3.05) is 0 Å². The van der Waals surface area contributed by atoms with Gasteiger partial charge in [-0.1, -0.05) is 0 Å². The topological polar surface area (TPSA) is 0 Å². The monoisotopic (exact) mass is 374 g/mol. The van der Waals surface area contributed by atoms with Crippen molar-refractivity contribution in [3.63, 3.8) is 0 Å². The number of hydrogen-bond acceptors (Lipinski definition) is 0. The van der Waals surface area contributed by atoms with Gasteiger partial charge in [0.15, 0.2) is 0 Å². The van der Waals surface area contributed by atoms with Crippen LogP contribution in [0.25, 0.3) is 22.3 Å². The first kappa shape index (κ1) is 18.5. The van der Waals surface area contributed by atoms with E-state index in [9.17, 15) is 0 Å². The van der Waals surface area contributed by atoms with Crippen molar-refractivity contribution in [3.8, 4) is 22.3 Å². The molecule has 2 heteroatoms. The van der Waals surface area contributed by atoms with Crippen LogP contribution in [0.15, 0.2) is 97.1 Å². The van der Waals surface area contributed by atoms with Crippen LogP contribution in [0.1, 0.15) is 0 Å². The average molecular weight is 374 g/mol. The van der Waals surface area contributed by atoms with Gasteiger partial charge in [-0.05, 0) is 0 Å². The maximum Gasteiger partial charge on any atom is 0 e. The van der Waals surface area contributed by atoms with E-state index in [2.05, 4.69) is 97.1 Å². The summed E-state index contributed by atoms with van der Waals surface area (Å²) in [6.07, 6.45) is 0. The zero-order valence-electron chi connectivity index (χ0n) is 11.9. The Kier molecular flexibility index (Phi) is 7.92. The van der Waals surface area contributed by atoms with Gasteiger partial charge < -0.3 is 59.7 Å². The Morgan fingerprint density at radius 2 is 0.773 bits per heavy atom. The Bertz CT molecular complexity index is 553. The quantitative estimate of drug-likeness (QED) is 0.402.